The first kappa shape index (κ1) is 17.2. The van der Waals surface area contributed by atoms with Gasteiger partial charge < -0.3 is 10.2 Å². The summed E-state index contributed by atoms with van der Waals surface area (Å²) in [4.78, 5) is 23.9. The molecule has 2 aliphatic rings. The van der Waals surface area contributed by atoms with Crippen LogP contribution in [0.15, 0.2) is 6.07 Å². The van der Waals surface area contributed by atoms with Crippen LogP contribution in [-0.2, 0) is 4.79 Å². The van der Waals surface area contributed by atoms with E-state index in [1.807, 2.05) is 19.9 Å². The van der Waals surface area contributed by atoms with Crippen molar-refractivity contribution in [1.82, 2.24) is 15.3 Å². The smallest absolute Gasteiger partial charge is 0.225 e. The summed E-state index contributed by atoms with van der Waals surface area (Å²) in [7, 11) is 0. The van der Waals surface area contributed by atoms with Gasteiger partial charge in [0.25, 0.3) is 0 Å². The van der Waals surface area contributed by atoms with Crippen molar-refractivity contribution >= 4 is 11.9 Å². The molecular weight excluding hydrogens is 300 g/mol. The minimum Gasteiger partial charge on any atom is -0.353 e. The molecule has 0 radical (unpaired) electrons. The van der Waals surface area contributed by atoms with Gasteiger partial charge in [-0.1, -0.05) is 19.8 Å². The molecule has 0 spiro atoms. The van der Waals surface area contributed by atoms with Crippen LogP contribution in [-0.4, -0.2) is 35.0 Å². The number of nitrogens with zero attached hydrogens (tertiary/aromatic N) is 3. The summed E-state index contributed by atoms with van der Waals surface area (Å²) in [5.41, 5.74) is 2.01. The monoisotopic (exact) mass is 330 g/mol. The number of hydrogen-bond acceptors (Lipinski definition) is 4. The lowest BCUT2D eigenvalue weighted by Crippen LogP contribution is -2.47. The van der Waals surface area contributed by atoms with Crippen molar-refractivity contribution in [3.05, 3.63) is 17.5 Å². The molecule has 0 unspecified atom stereocenters. The first-order valence-corrected chi connectivity index (χ1v) is 9.40. The fourth-order valence-corrected chi connectivity index (χ4v) is 4.02. The van der Waals surface area contributed by atoms with Crippen LogP contribution in [0.4, 0.5) is 5.95 Å². The molecule has 2 fully saturated rings. The van der Waals surface area contributed by atoms with Gasteiger partial charge in [-0.3, -0.25) is 4.79 Å². The van der Waals surface area contributed by atoms with Crippen LogP contribution in [0, 0.1) is 25.7 Å². The number of carbonyl (C=O) groups excluding carboxylic acids is 1. The summed E-state index contributed by atoms with van der Waals surface area (Å²) in [5.74, 6) is 1.83. The molecule has 0 aromatic carbocycles. The van der Waals surface area contributed by atoms with E-state index in [0.29, 0.717) is 12.0 Å². The highest BCUT2D eigenvalue weighted by molar-refractivity contribution is 5.79. The minimum absolute atomic E-state index is 0.140. The molecule has 1 saturated heterocycles. The Bertz CT molecular complexity index is 560. The predicted molar refractivity (Wildman–Crippen MR) is 96.0 cm³/mol. The van der Waals surface area contributed by atoms with Crippen molar-refractivity contribution in [2.75, 3.05) is 18.0 Å². The maximum absolute atomic E-state index is 12.6. The molecule has 1 N–H and O–H groups in total. The van der Waals surface area contributed by atoms with Gasteiger partial charge in [0.2, 0.25) is 11.9 Å². The second-order valence-electron chi connectivity index (χ2n) is 7.59. The maximum Gasteiger partial charge on any atom is 0.225 e. The van der Waals surface area contributed by atoms with Crippen LogP contribution in [0.5, 0.6) is 0 Å². The van der Waals surface area contributed by atoms with E-state index in [2.05, 4.69) is 27.1 Å². The largest absolute Gasteiger partial charge is 0.353 e. The van der Waals surface area contributed by atoms with Crippen molar-refractivity contribution < 1.29 is 4.79 Å². The standard InChI is InChI=1S/C19H30N4O/c1-13-6-4-5-7-17(13)22-18(24)16-8-10-23(11-9-16)19-20-14(2)12-15(3)21-19/h12-13,16-17H,4-11H2,1-3H3,(H,22,24)/t13-,17-/m0/s1. The molecule has 3 rings (SSSR count). The maximum atomic E-state index is 12.6. The lowest BCUT2D eigenvalue weighted by molar-refractivity contribution is -0.126. The van der Waals surface area contributed by atoms with Gasteiger partial charge in [-0.15, -0.1) is 0 Å². The van der Waals surface area contributed by atoms with Gasteiger partial charge in [0.05, 0.1) is 0 Å². The zero-order valence-electron chi connectivity index (χ0n) is 15.2. The first-order valence-electron chi connectivity index (χ1n) is 9.40. The molecular formula is C19H30N4O. The molecule has 5 nitrogen and oxygen atoms in total. The Kier molecular flexibility index (Phi) is 5.36. The molecule has 1 aromatic rings. The lowest BCUT2D eigenvalue weighted by atomic mass is 9.85. The van der Waals surface area contributed by atoms with Gasteiger partial charge in [-0.05, 0) is 51.5 Å². The molecule has 132 valence electrons. The number of hydrogen-bond donors (Lipinski definition) is 1. The number of aryl methyl sites for hydroxylation is 2. The Balaban J connectivity index is 1.53. The van der Waals surface area contributed by atoms with E-state index in [4.69, 9.17) is 0 Å². The molecule has 1 aliphatic heterocycles. The van der Waals surface area contributed by atoms with E-state index in [9.17, 15) is 4.79 Å². The second kappa shape index (κ2) is 7.49. The summed E-state index contributed by atoms with van der Waals surface area (Å²) in [5, 5.41) is 3.32. The minimum atomic E-state index is 0.140. The number of amides is 1. The third kappa shape index (κ3) is 4.05. The van der Waals surface area contributed by atoms with Crippen LogP contribution in [0.3, 0.4) is 0 Å². The van der Waals surface area contributed by atoms with E-state index in [1.165, 1.54) is 19.3 Å². The fourth-order valence-electron chi connectivity index (χ4n) is 4.02. The summed E-state index contributed by atoms with van der Waals surface area (Å²) >= 11 is 0. The van der Waals surface area contributed by atoms with Gasteiger partial charge in [0.15, 0.2) is 0 Å². The Morgan fingerprint density at radius 2 is 1.71 bits per heavy atom. The number of nitrogens with one attached hydrogen (secondary N) is 1. The quantitative estimate of drug-likeness (QED) is 0.925. The number of aromatic nitrogens is 2. The highest BCUT2D eigenvalue weighted by Crippen LogP contribution is 2.26. The van der Waals surface area contributed by atoms with Crippen molar-refractivity contribution in [3.8, 4) is 0 Å². The van der Waals surface area contributed by atoms with Gasteiger partial charge in [-0.25, -0.2) is 9.97 Å². The molecule has 1 aliphatic carbocycles. The normalized spacial score (nSPS) is 25.5. The van der Waals surface area contributed by atoms with Crippen LogP contribution >= 0.6 is 0 Å². The van der Waals surface area contributed by atoms with Gasteiger partial charge >= 0.3 is 0 Å². The van der Waals surface area contributed by atoms with Gasteiger partial charge in [0.1, 0.15) is 0 Å². The van der Waals surface area contributed by atoms with E-state index in [1.54, 1.807) is 0 Å². The molecule has 2 heterocycles. The average Bonchev–Trinajstić information content (AvgIpc) is 2.56. The SMILES string of the molecule is Cc1cc(C)nc(N2CCC(C(=O)N[C@H]3CCCC[C@@H]3C)CC2)n1. The number of piperidine rings is 1. The molecule has 1 saturated carbocycles. The second-order valence-corrected chi connectivity index (χ2v) is 7.59. The third-order valence-corrected chi connectivity index (χ3v) is 5.56. The lowest BCUT2D eigenvalue weighted by Gasteiger charge is -2.34. The highest BCUT2D eigenvalue weighted by atomic mass is 16.2. The van der Waals surface area contributed by atoms with Gasteiger partial charge in [0, 0.05) is 36.4 Å². The molecule has 0 bridgehead atoms. The highest BCUT2D eigenvalue weighted by Gasteiger charge is 2.29. The van der Waals surface area contributed by atoms with Crippen LogP contribution in [0.2, 0.25) is 0 Å². The van der Waals surface area contributed by atoms with Crippen LogP contribution in [0.1, 0.15) is 56.8 Å². The molecule has 2 atom stereocenters. The van der Waals surface area contributed by atoms with Crippen molar-refractivity contribution in [1.29, 1.82) is 0 Å². The summed E-state index contributed by atoms with van der Waals surface area (Å²) in [6, 6.07) is 2.38. The van der Waals surface area contributed by atoms with E-state index >= 15 is 0 Å². The third-order valence-electron chi connectivity index (χ3n) is 5.56. The molecule has 24 heavy (non-hydrogen) atoms. The molecule has 5 heteroatoms. The first-order chi connectivity index (χ1) is 11.5. The molecule has 1 amide bonds. The molecule has 1 aromatic heterocycles. The van der Waals surface area contributed by atoms with Crippen molar-refractivity contribution in [2.24, 2.45) is 11.8 Å². The zero-order valence-corrected chi connectivity index (χ0v) is 15.2. The number of rotatable bonds is 3. The predicted octanol–water partition coefficient (Wildman–Crippen LogP) is 3.00. The summed E-state index contributed by atoms with van der Waals surface area (Å²) < 4.78 is 0. The Morgan fingerprint density at radius 1 is 1.08 bits per heavy atom. The van der Waals surface area contributed by atoms with Crippen molar-refractivity contribution in [3.63, 3.8) is 0 Å². The topological polar surface area (TPSA) is 58.1 Å². The van der Waals surface area contributed by atoms with E-state index < -0.39 is 0 Å². The number of anilines is 1. The summed E-state index contributed by atoms with van der Waals surface area (Å²) in [6.45, 7) is 8.00. The Labute approximate surface area is 145 Å². The van der Waals surface area contributed by atoms with Gasteiger partial charge in [-0.2, -0.15) is 0 Å². The zero-order chi connectivity index (χ0) is 17.1. The summed E-state index contributed by atoms with van der Waals surface area (Å²) in [6.07, 6.45) is 6.72. The Hall–Kier alpha value is -1.65. The number of carbonyl (C=O) groups is 1. The van der Waals surface area contributed by atoms with Crippen molar-refractivity contribution in [2.45, 2.75) is 65.3 Å². The average molecular weight is 330 g/mol. The van der Waals surface area contributed by atoms with E-state index in [-0.39, 0.29) is 11.8 Å². The fraction of sp³-hybridized carbons (Fsp3) is 0.737. The van der Waals surface area contributed by atoms with Crippen LogP contribution in [0.25, 0.3) is 0 Å². The van der Waals surface area contributed by atoms with Crippen LogP contribution < -0.4 is 10.2 Å². The van der Waals surface area contributed by atoms with E-state index in [0.717, 1.165) is 49.7 Å². The Morgan fingerprint density at radius 3 is 2.33 bits per heavy atom.